The molecule has 0 aromatic heterocycles. The Labute approximate surface area is 127 Å². The third kappa shape index (κ3) is 4.84. The van der Waals surface area contributed by atoms with Crippen LogP contribution in [0.5, 0.6) is 0 Å². The number of rotatable bonds is 6. The molecule has 0 bridgehead atoms. The van der Waals surface area contributed by atoms with Crippen molar-refractivity contribution < 1.29 is 9.59 Å². The average Bonchev–Trinajstić information content (AvgIpc) is 3.02. The van der Waals surface area contributed by atoms with E-state index in [1.807, 2.05) is 0 Å². The molecule has 2 rings (SSSR count). The van der Waals surface area contributed by atoms with Crippen LogP contribution in [-0.4, -0.2) is 48.9 Å². The Kier molecular flexibility index (Phi) is 6.23. The van der Waals surface area contributed by atoms with Gasteiger partial charge in [-0.25, -0.2) is 0 Å². The highest BCUT2D eigenvalue weighted by Crippen LogP contribution is 2.27. The second kappa shape index (κ2) is 8.17. The molecule has 2 amide bonds. The molecule has 0 aromatic carbocycles. The highest BCUT2D eigenvalue weighted by atomic mass is 16.2. The van der Waals surface area contributed by atoms with E-state index in [4.69, 9.17) is 0 Å². The van der Waals surface area contributed by atoms with Crippen LogP contribution in [0.1, 0.15) is 38.5 Å². The van der Waals surface area contributed by atoms with Crippen molar-refractivity contribution in [3.05, 3.63) is 12.7 Å². The van der Waals surface area contributed by atoms with Crippen LogP contribution in [-0.2, 0) is 9.59 Å². The Balaban J connectivity index is 1.64. The predicted molar refractivity (Wildman–Crippen MR) is 82.8 cm³/mol. The van der Waals surface area contributed by atoms with E-state index >= 15 is 0 Å². The molecule has 118 valence electrons. The number of amides is 2. The van der Waals surface area contributed by atoms with Crippen LogP contribution >= 0.6 is 0 Å². The second-order valence-electron chi connectivity index (χ2n) is 6.06. The molecule has 2 aliphatic rings. The minimum Gasteiger partial charge on any atom is -0.354 e. The summed E-state index contributed by atoms with van der Waals surface area (Å²) >= 11 is 0. The van der Waals surface area contributed by atoms with E-state index in [0.29, 0.717) is 19.1 Å². The molecule has 0 radical (unpaired) electrons. The number of nitrogens with zero attached hydrogens (tertiary/aromatic N) is 1. The second-order valence-corrected chi connectivity index (χ2v) is 6.06. The lowest BCUT2D eigenvalue weighted by molar-refractivity contribution is -0.125. The Bertz CT molecular complexity index is 378. The van der Waals surface area contributed by atoms with Gasteiger partial charge in [0.15, 0.2) is 0 Å². The maximum Gasteiger partial charge on any atom is 0.243 e. The summed E-state index contributed by atoms with van der Waals surface area (Å²) in [5, 5.41) is 5.57. The van der Waals surface area contributed by atoms with Crippen molar-refractivity contribution in [3.63, 3.8) is 0 Å². The van der Waals surface area contributed by atoms with Gasteiger partial charge in [-0.15, -0.1) is 0 Å². The van der Waals surface area contributed by atoms with E-state index < -0.39 is 0 Å². The van der Waals surface area contributed by atoms with Gasteiger partial charge in [-0.05, 0) is 31.9 Å². The van der Waals surface area contributed by atoms with Gasteiger partial charge in [0.05, 0.1) is 5.92 Å². The van der Waals surface area contributed by atoms with Gasteiger partial charge >= 0.3 is 0 Å². The Morgan fingerprint density at radius 2 is 1.81 bits per heavy atom. The molecule has 5 nitrogen and oxygen atoms in total. The fourth-order valence-corrected chi connectivity index (χ4v) is 3.37. The van der Waals surface area contributed by atoms with Crippen LogP contribution in [0.15, 0.2) is 12.7 Å². The zero-order valence-electron chi connectivity index (χ0n) is 12.8. The first kappa shape index (κ1) is 16.0. The Hall–Kier alpha value is -1.36. The molecule has 2 fully saturated rings. The van der Waals surface area contributed by atoms with Crippen molar-refractivity contribution in [2.75, 3.05) is 26.2 Å². The fourth-order valence-electron chi connectivity index (χ4n) is 3.37. The molecule has 1 saturated carbocycles. The van der Waals surface area contributed by atoms with Gasteiger partial charge in [0.2, 0.25) is 11.8 Å². The van der Waals surface area contributed by atoms with E-state index in [2.05, 4.69) is 22.1 Å². The van der Waals surface area contributed by atoms with Crippen molar-refractivity contribution >= 4 is 11.8 Å². The number of carbonyl (C=O) groups is 2. The van der Waals surface area contributed by atoms with E-state index in [1.54, 1.807) is 0 Å². The summed E-state index contributed by atoms with van der Waals surface area (Å²) in [7, 11) is 0. The van der Waals surface area contributed by atoms with Crippen LogP contribution in [0.3, 0.4) is 0 Å². The first-order valence-corrected chi connectivity index (χ1v) is 8.12. The fraction of sp³-hybridized carbons (Fsp3) is 0.750. The van der Waals surface area contributed by atoms with Crippen LogP contribution in [0.4, 0.5) is 0 Å². The van der Waals surface area contributed by atoms with Crippen molar-refractivity contribution in [1.29, 1.82) is 0 Å². The molecule has 1 atom stereocenters. The van der Waals surface area contributed by atoms with Crippen molar-refractivity contribution in [1.82, 2.24) is 15.5 Å². The van der Waals surface area contributed by atoms with Crippen LogP contribution in [0.2, 0.25) is 0 Å². The lowest BCUT2D eigenvalue weighted by Crippen LogP contribution is -2.39. The molecule has 0 spiro atoms. The monoisotopic (exact) mass is 293 g/mol. The molecule has 1 aliphatic heterocycles. The smallest absolute Gasteiger partial charge is 0.243 e. The molecule has 0 aromatic rings. The summed E-state index contributed by atoms with van der Waals surface area (Å²) in [6, 6.07) is 0.698. The van der Waals surface area contributed by atoms with Gasteiger partial charge in [0, 0.05) is 25.7 Å². The number of carbonyl (C=O) groups excluding carboxylic acids is 2. The average molecular weight is 293 g/mol. The number of likely N-dealkylation sites (tertiary alicyclic amines) is 1. The maximum absolute atomic E-state index is 12.1. The summed E-state index contributed by atoms with van der Waals surface area (Å²) in [6.45, 7) is 6.27. The Morgan fingerprint density at radius 1 is 1.10 bits per heavy atom. The van der Waals surface area contributed by atoms with Gasteiger partial charge in [0.25, 0.3) is 0 Å². The van der Waals surface area contributed by atoms with Gasteiger partial charge in [-0.3, -0.25) is 14.5 Å². The minimum absolute atomic E-state index is 0.113. The lowest BCUT2D eigenvalue weighted by Gasteiger charge is -2.30. The molecule has 1 unspecified atom stereocenters. The van der Waals surface area contributed by atoms with Gasteiger partial charge in [0.1, 0.15) is 0 Å². The van der Waals surface area contributed by atoms with Crippen molar-refractivity contribution in [2.24, 2.45) is 5.92 Å². The zero-order valence-corrected chi connectivity index (χ0v) is 12.8. The highest BCUT2D eigenvalue weighted by Gasteiger charge is 2.32. The summed E-state index contributed by atoms with van der Waals surface area (Å²) in [6.07, 6.45) is 8.82. The Morgan fingerprint density at radius 3 is 2.52 bits per heavy atom. The van der Waals surface area contributed by atoms with Crippen LogP contribution in [0.25, 0.3) is 0 Å². The van der Waals surface area contributed by atoms with E-state index in [9.17, 15) is 9.59 Å². The third-order valence-corrected chi connectivity index (χ3v) is 4.59. The summed E-state index contributed by atoms with van der Waals surface area (Å²) < 4.78 is 0. The maximum atomic E-state index is 12.1. The zero-order chi connectivity index (χ0) is 15.1. The standard InChI is InChI=1S/C16H27N3O2/c1-2-15(20)17-9-10-18-16(21)13-8-11-19(12-13)14-6-4-3-5-7-14/h2,13-14H,1,3-12H2,(H,17,20)(H,18,21). The number of hydrogen-bond donors (Lipinski definition) is 2. The SMILES string of the molecule is C=CC(=O)NCCNC(=O)C1CCN(C2CCCCC2)C1. The topological polar surface area (TPSA) is 61.4 Å². The van der Waals surface area contributed by atoms with Gasteiger partial charge in [-0.2, -0.15) is 0 Å². The highest BCUT2D eigenvalue weighted by molar-refractivity contribution is 5.86. The van der Waals surface area contributed by atoms with E-state index in [-0.39, 0.29) is 17.7 Å². The summed E-state index contributed by atoms with van der Waals surface area (Å²) in [5.74, 6) is 0.0387. The molecule has 1 heterocycles. The van der Waals surface area contributed by atoms with E-state index in [1.165, 1.54) is 38.2 Å². The summed E-state index contributed by atoms with van der Waals surface area (Å²) in [4.78, 5) is 25.6. The van der Waals surface area contributed by atoms with Crippen LogP contribution < -0.4 is 10.6 Å². The molecule has 21 heavy (non-hydrogen) atoms. The molecule has 2 N–H and O–H groups in total. The first-order chi connectivity index (χ1) is 10.2. The molecule has 1 saturated heterocycles. The van der Waals surface area contributed by atoms with Gasteiger partial charge in [-0.1, -0.05) is 25.8 Å². The number of nitrogens with one attached hydrogen (secondary N) is 2. The third-order valence-electron chi connectivity index (χ3n) is 4.59. The molecule has 1 aliphatic carbocycles. The normalized spacial score (nSPS) is 23.7. The van der Waals surface area contributed by atoms with E-state index in [0.717, 1.165) is 19.5 Å². The van der Waals surface area contributed by atoms with Gasteiger partial charge < -0.3 is 10.6 Å². The van der Waals surface area contributed by atoms with Crippen molar-refractivity contribution in [3.8, 4) is 0 Å². The van der Waals surface area contributed by atoms with Crippen molar-refractivity contribution in [2.45, 2.75) is 44.6 Å². The molecular formula is C16H27N3O2. The summed E-state index contributed by atoms with van der Waals surface area (Å²) in [5.41, 5.74) is 0. The largest absolute Gasteiger partial charge is 0.354 e. The van der Waals surface area contributed by atoms with Crippen LogP contribution in [0, 0.1) is 5.92 Å². The molecule has 5 heteroatoms. The number of hydrogen-bond acceptors (Lipinski definition) is 3. The first-order valence-electron chi connectivity index (χ1n) is 8.12. The lowest BCUT2D eigenvalue weighted by atomic mass is 9.94. The minimum atomic E-state index is -0.200. The molecular weight excluding hydrogens is 266 g/mol. The predicted octanol–water partition coefficient (Wildman–Crippen LogP) is 1.06. The quantitative estimate of drug-likeness (QED) is 0.568.